The fourth-order valence-electron chi connectivity index (χ4n) is 2.82. The average Bonchev–Trinajstić information content (AvgIpc) is 2.87. The van der Waals surface area contributed by atoms with E-state index >= 15 is 0 Å². The molecule has 0 unspecified atom stereocenters. The molecule has 8 nitrogen and oxygen atoms in total. The summed E-state index contributed by atoms with van der Waals surface area (Å²) in [6.07, 6.45) is 6.02. The summed E-state index contributed by atoms with van der Waals surface area (Å²) in [5.41, 5.74) is 5.65. The second-order valence-electron chi connectivity index (χ2n) is 6.25. The van der Waals surface area contributed by atoms with Crippen LogP contribution in [0.1, 0.15) is 50.8 Å². The number of rotatable bonds is 8. The molecule has 0 saturated carbocycles. The fourth-order valence-corrected chi connectivity index (χ4v) is 2.82. The first kappa shape index (κ1) is 19.6. The number of aromatic nitrogens is 2. The quantitative estimate of drug-likeness (QED) is 0.498. The summed E-state index contributed by atoms with van der Waals surface area (Å²) in [7, 11) is 0. The lowest BCUT2D eigenvalue weighted by molar-refractivity contribution is -0.0549. The number of hydrogen-bond acceptors (Lipinski definition) is 7. The number of aliphatic hydroxyl groups excluding tert-OH is 3. The monoisotopic (exact) mass is 353 g/mol. The summed E-state index contributed by atoms with van der Waals surface area (Å²) in [6.45, 7) is 1.69. The minimum Gasteiger partial charge on any atom is -0.394 e. The highest BCUT2D eigenvalue weighted by Crippen LogP contribution is 2.28. The molecule has 2 heterocycles. The first-order chi connectivity index (χ1) is 12.0. The maximum absolute atomic E-state index is 12.1. The van der Waals surface area contributed by atoms with Gasteiger partial charge in [-0.15, -0.1) is 0 Å². The van der Waals surface area contributed by atoms with E-state index in [1.54, 1.807) is 6.08 Å². The highest BCUT2D eigenvalue weighted by molar-refractivity contribution is 5.59. The largest absolute Gasteiger partial charge is 0.394 e. The Balaban J connectivity index is 2.15. The van der Waals surface area contributed by atoms with E-state index in [0.29, 0.717) is 5.56 Å². The Morgan fingerprint density at radius 1 is 1.32 bits per heavy atom. The van der Waals surface area contributed by atoms with Crippen LogP contribution in [-0.4, -0.2) is 49.8 Å². The van der Waals surface area contributed by atoms with Crippen LogP contribution >= 0.6 is 0 Å². The number of allylic oxidation sites excluding steroid dienone is 1. The summed E-state index contributed by atoms with van der Waals surface area (Å²) in [5.74, 6) is 0.0952. The zero-order valence-electron chi connectivity index (χ0n) is 14.4. The molecule has 2 rings (SSSR count). The smallest absolute Gasteiger partial charge is 0.351 e. The van der Waals surface area contributed by atoms with Crippen LogP contribution in [0.25, 0.3) is 6.08 Å². The van der Waals surface area contributed by atoms with Crippen LogP contribution in [0, 0.1) is 0 Å². The standard InChI is InChI=1S/C17H27N3O5/c1-2-3-4-5-6-7-8-11-9-20(17(24)19-15(11)18)16-14(23)13(22)12(10-21)25-16/h7-9,12-14,16,21-23H,2-6,10H2,1H3,(H2,18,19,24)/t12-,13-,14-,16-/m1/s1. The predicted octanol–water partition coefficient (Wildman–Crippen LogP) is 0.421. The molecule has 0 aromatic carbocycles. The minimum absolute atomic E-state index is 0.0952. The van der Waals surface area contributed by atoms with Gasteiger partial charge in [-0.25, -0.2) is 4.79 Å². The molecule has 0 amide bonds. The highest BCUT2D eigenvalue weighted by Gasteiger charge is 2.43. The van der Waals surface area contributed by atoms with E-state index in [-0.39, 0.29) is 5.82 Å². The number of nitrogens with two attached hydrogens (primary N) is 1. The van der Waals surface area contributed by atoms with E-state index < -0.39 is 36.8 Å². The zero-order valence-corrected chi connectivity index (χ0v) is 14.4. The van der Waals surface area contributed by atoms with Crippen LogP contribution in [0.4, 0.5) is 5.82 Å². The number of anilines is 1. The van der Waals surface area contributed by atoms with Gasteiger partial charge in [0.25, 0.3) is 0 Å². The average molecular weight is 353 g/mol. The van der Waals surface area contributed by atoms with Gasteiger partial charge in [0.05, 0.1) is 6.61 Å². The van der Waals surface area contributed by atoms with Crippen molar-refractivity contribution in [3.63, 3.8) is 0 Å². The minimum atomic E-state index is -1.34. The lowest BCUT2D eigenvalue weighted by Gasteiger charge is -2.18. The van der Waals surface area contributed by atoms with Crippen LogP contribution in [0.2, 0.25) is 0 Å². The first-order valence-corrected chi connectivity index (χ1v) is 8.67. The molecule has 5 N–H and O–H groups in total. The topological polar surface area (TPSA) is 131 Å². The van der Waals surface area contributed by atoms with Gasteiger partial charge in [0.15, 0.2) is 6.23 Å². The maximum atomic E-state index is 12.1. The molecule has 1 aromatic heterocycles. The third-order valence-electron chi connectivity index (χ3n) is 4.32. The summed E-state index contributed by atoms with van der Waals surface area (Å²) in [4.78, 5) is 15.8. The third-order valence-corrected chi connectivity index (χ3v) is 4.32. The molecular weight excluding hydrogens is 326 g/mol. The van der Waals surface area contributed by atoms with Crippen LogP contribution < -0.4 is 11.4 Å². The Hall–Kier alpha value is -1.74. The van der Waals surface area contributed by atoms with Crippen molar-refractivity contribution in [2.24, 2.45) is 0 Å². The second kappa shape index (κ2) is 9.10. The maximum Gasteiger partial charge on any atom is 0.351 e. The number of aliphatic hydroxyl groups is 3. The lowest BCUT2D eigenvalue weighted by Crippen LogP contribution is -2.36. The molecule has 1 saturated heterocycles. The number of ether oxygens (including phenoxy) is 1. The van der Waals surface area contributed by atoms with Crippen LogP contribution in [0.15, 0.2) is 17.1 Å². The molecule has 25 heavy (non-hydrogen) atoms. The number of hydrogen-bond donors (Lipinski definition) is 4. The Morgan fingerprint density at radius 2 is 2.08 bits per heavy atom. The van der Waals surface area contributed by atoms with E-state index in [1.807, 2.05) is 6.08 Å². The van der Waals surface area contributed by atoms with Crippen molar-refractivity contribution in [2.45, 2.75) is 63.6 Å². The SMILES string of the molecule is CCCCCCC=Cc1cn([C@@H]2O[C@H](CO)[C@@H](O)[C@H]2O)c(=O)nc1N. The van der Waals surface area contributed by atoms with Gasteiger partial charge in [0.2, 0.25) is 0 Å². The Kier molecular flexibility index (Phi) is 7.12. The molecule has 8 heteroatoms. The molecule has 1 aromatic rings. The van der Waals surface area contributed by atoms with Gasteiger partial charge >= 0.3 is 5.69 Å². The van der Waals surface area contributed by atoms with E-state index in [1.165, 1.54) is 19.0 Å². The molecule has 0 radical (unpaired) electrons. The van der Waals surface area contributed by atoms with Crippen LogP contribution in [-0.2, 0) is 4.74 Å². The number of nitrogen functional groups attached to an aromatic ring is 1. The number of nitrogens with zero attached hydrogens (tertiary/aromatic N) is 2. The fraction of sp³-hybridized carbons (Fsp3) is 0.647. The molecule has 1 aliphatic heterocycles. The Labute approximate surface area is 146 Å². The zero-order chi connectivity index (χ0) is 18.4. The van der Waals surface area contributed by atoms with Gasteiger partial charge in [-0.05, 0) is 12.8 Å². The van der Waals surface area contributed by atoms with Crippen molar-refractivity contribution in [3.05, 3.63) is 28.3 Å². The molecule has 0 aliphatic carbocycles. The van der Waals surface area contributed by atoms with E-state index in [4.69, 9.17) is 15.6 Å². The van der Waals surface area contributed by atoms with E-state index in [9.17, 15) is 15.0 Å². The first-order valence-electron chi connectivity index (χ1n) is 8.67. The van der Waals surface area contributed by atoms with Crippen molar-refractivity contribution in [1.29, 1.82) is 0 Å². The Bertz CT molecular complexity index is 646. The van der Waals surface area contributed by atoms with Crippen molar-refractivity contribution < 1.29 is 20.1 Å². The third kappa shape index (κ3) is 4.66. The van der Waals surface area contributed by atoms with Gasteiger partial charge < -0.3 is 25.8 Å². The van der Waals surface area contributed by atoms with Crippen molar-refractivity contribution in [2.75, 3.05) is 12.3 Å². The molecule has 140 valence electrons. The summed E-state index contributed by atoms with van der Waals surface area (Å²) < 4.78 is 6.47. The summed E-state index contributed by atoms with van der Waals surface area (Å²) >= 11 is 0. The van der Waals surface area contributed by atoms with Gasteiger partial charge in [-0.3, -0.25) is 4.57 Å². The van der Waals surface area contributed by atoms with Crippen molar-refractivity contribution >= 4 is 11.9 Å². The molecule has 1 aliphatic rings. The van der Waals surface area contributed by atoms with Crippen LogP contribution in [0.5, 0.6) is 0 Å². The highest BCUT2D eigenvalue weighted by atomic mass is 16.6. The van der Waals surface area contributed by atoms with E-state index in [2.05, 4.69) is 11.9 Å². The molecule has 0 bridgehead atoms. The van der Waals surface area contributed by atoms with Crippen molar-refractivity contribution in [3.8, 4) is 0 Å². The Morgan fingerprint density at radius 3 is 2.72 bits per heavy atom. The van der Waals surface area contributed by atoms with E-state index in [0.717, 1.165) is 23.8 Å². The summed E-state index contributed by atoms with van der Waals surface area (Å²) in [6, 6.07) is 0. The lowest BCUT2D eigenvalue weighted by atomic mass is 10.1. The molecular formula is C17H27N3O5. The second-order valence-corrected chi connectivity index (χ2v) is 6.25. The normalized spacial score (nSPS) is 26.6. The van der Waals surface area contributed by atoms with Crippen LogP contribution in [0.3, 0.4) is 0 Å². The predicted molar refractivity (Wildman–Crippen MR) is 93.7 cm³/mol. The number of unbranched alkanes of at least 4 members (excludes halogenated alkanes) is 4. The van der Waals surface area contributed by atoms with Crippen molar-refractivity contribution in [1.82, 2.24) is 9.55 Å². The van der Waals surface area contributed by atoms with Gasteiger partial charge in [0, 0.05) is 11.8 Å². The van der Waals surface area contributed by atoms with Gasteiger partial charge in [0.1, 0.15) is 24.1 Å². The molecule has 1 fully saturated rings. The molecule has 4 atom stereocenters. The molecule has 0 spiro atoms. The summed E-state index contributed by atoms with van der Waals surface area (Å²) in [5, 5.41) is 29.1. The van der Waals surface area contributed by atoms with Gasteiger partial charge in [-0.1, -0.05) is 38.3 Å². The van der Waals surface area contributed by atoms with Gasteiger partial charge in [-0.2, -0.15) is 4.98 Å².